The summed E-state index contributed by atoms with van der Waals surface area (Å²) in [6, 6.07) is 0.379. The maximum atomic E-state index is 11.6. The molecular weight excluding hydrogens is 301 g/mol. The lowest BCUT2D eigenvalue weighted by Crippen LogP contribution is -2.55. The van der Waals surface area contributed by atoms with E-state index in [-0.39, 0.29) is 12.2 Å². The predicted octanol–water partition coefficient (Wildman–Crippen LogP) is -1.46. The predicted molar refractivity (Wildman–Crippen MR) is 86.6 cm³/mol. The SMILES string of the molecule is N[C@@]1(C(=O)O)CN(C[C@@H]2CCCCN2)C[C@@H]1CCC[B-](O)(O)O. The van der Waals surface area contributed by atoms with E-state index in [0.717, 1.165) is 19.5 Å². The molecule has 0 aromatic rings. The minimum Gasteiger partial charge on any atom is -0.560 e. The average molecular weight is 330 g/mol. The molecule has 3 atom stereocenters. The van der Waals surface area contributed by atoms with E-state index in [1.54, 1.807) is 0 Å². The largest absolute Gasteiger partial charge is 0.560 e. The van der Waals surface area contributed by atoms with E-state index in [0.29, 0.717) is 32.0 Å². The molecule has 134 valence electrons. The Labute approximate surface area is 136 Å². The van der Waals surface area contributed by atoms with Crippen molar-refractivity contribution in [2.75, 3.05) is 26.2 Å². The first-order valence-electron chi connectivity index (χ1n) is 8.52. The lowest BCUT2D eigenvalue weighted by Gasteiger charge is -2.28. The second-order valence-electron chi connectivity index (χ2n) is 7.21. The van der Waals surface area contributed by atoms with E-state index in [1.807, 2.05) is 0 Å². The molecule has 2 saturated heterocycles. The number of rotatable bonds is 7. The lowest BCUT2D eigenvalue weighted by molar-refractivity contribution is -0.144. The van der Waals surface area contributed by atoms with E-state index in [4.69, 9.17) is 20.8 Å². The van der Waals surface area contributed by atoms with Crippen LogP contribution in [0.4, 0.5) is 0 Å². The molecule has 0 saturated carbocycles. The Morgan fingerprint density at radius 3 is 2.65 bits per heavy atom. The number of likely N-dealkylation sites (tertiary alicyclic amines) is 1. The van der Waals surface area contributed by atoms with Crippen molar-refractivity contribution >= 4 is 12.7 Å². The van der Waals surface area contributed by atoms with Crippen LogP contribution in [0.3, 0.4) is 0 Å². The molecule has 0 spiro atoms. The van der Waals surface area contributed by atoms with Gasteiger partial charge in [0.1, 0.15) is 5.54 Å². The monoisotopic (exact) mass is 330 g/mol. The number of nitrogens with two attached hydrogens (primary N) is 1. The highest BCUT2D eigenvalue weighted by Gasteiger charge is 2.49. The van der Waals surface area contributed by atoms with Crippen molar-refractivity contribution in [3.05, 3.63) is 0 Å². The third-order valence-electron chi connectivity index (χ3n) is 5.13. The number of carbonyl (C=O) groups is 1. The van der Waals surface area contributed by atoms with Crippen LogP contribution in [0.25, 0.3) is 0 Å². The Hall–Kier alpha value is -0.705. The third kappa shape index (κ3) is 5.13. The molecule has 2 heterocycles. The maximum absolute atomic E-state index is 11.6. The molecule has 2 aliphatic rings. The lowest BCUT2D eigenvalue weighted by atomic mass is 9.72. The first-order valence-corrected chi connectivity index (χ1v) is 8.52. The van der Waals surface area contributed by atoms with Crippen LogP contribution < -0.4 is 11.1 Å². The number of aliphatic carboxylic acids is 1. The van der Waals surface area contributed by atoms with Gasteiger partial charge in [0.25, 0.3) is 0 Å². The molecule has 23 heavy (non-hydrogen) atoms. The fourth-order valence-corrected chi connectivity index (χ4v) is 3.80. The molecule has 0 amide bonds. The van der Waals surface area contributed by atoms with Gasteiger partial charge in [0.2, 0.25) is 0 Å². The fraction of sp³-hybridized carbons (Fsp3) is 0.929. The number of piperidine rings is 1. The molecule has 2 fully saturated rings. The third-order valence-corrected chi connectivity index (χ3v) is 5.13. The number of nitrogens with zero attached hydrogens (tertiary/aromatic N) is 1. The molecule has 0 aliphatic carbocycles. The van der Waals surface area contributed by atoms with Crippen molar-refractivity contribution in [1.82, 2.24) is 10.2 Å². The van der Waals surface area contributed by atoms with Crippen molar-refractivity contribution in [3.63, 3.8) is 0 Å². The highest BCUT2D eigenvalue weighted by molar-refractivity contribution is 6.56. The van der Waals surface area contributed by atoms with E-state index >= 15 is 0 Å². The van der Waals surface area contributed by atoms with Gasteiger partial charge >= 0.3 is 12.7 Å². The van der Waals surface area contributed by atoms with E-state index in [1.165, 1.54) is 12.8 Å². The minimum atomic E-state index is -3.32. The molecule has 7 N–H and O–H groups in total. The second kappa shape index (κ2) is 7.46. The molecule has 2 aliphatic heterocycles. The van der Waals surface area contributed by atoms with Crippen LogP contribution in [0.5, 0.6) is 0 Å². The summed E-state index contributed by atoms with van der Waals surface area (Å²) < 4.78 is 0. The molecular formula is C14H29BN3O5-. The van der Waals surface area contributed by atoms with Crippen LogP contribution in [0.1, 0.15) is 32.1 Å². The van der Waals surface area contributed by atoms with Gasteiger partial charge in [-0.25, -0.2) is 0 Å². The van der Waals surface area contributed by atoms with Gasteiger partial charge in [-0.15, -0.1) is 0 Å². The average Bonchev–Trinajstić information content (AvgIpc) is 2.76. The van der Waals surface area contributed by atoms with Gasteiger partial charge < -0.3 is 31.2 Å². The number of nitrogens with one attached hydrogen (secondary N) is 1. The number of carboxylic acid groups (broad SMARTS) is 1. The molecule has 2 rings (SSSR count). The van der Waals surface area contributed by atoms with Crippen LogP contribution in [-0.4, -0.2) is 75.6 Å². The van der Waals surface area contributed by atoms with Gasteiger partial charge in [0.05, 0.1) is 0 Å². The summed E-state index contributed by atoms with van der Waals surface area (Å²) in [5.74, 6) is -1.28. The molecule has 9 heteroatoms. The summed E-state index contributed by atoms with van der Waals surface area (Å²) in [6.07, 6.45) is 4.09. The van der Waals surface area contributed by atoms with Crippen molar-refractivity contribution in [1.29, 1.82) is 0 Å². The Morgan fingerprint density at radius 2 is 2.09 bits per heavy atom. The minimum absolute atomic E-state index is 0.156. The Morgan fingerprint density at radius 1 is 1.35 bits per heavy atom. The van der Waals surface area contributed by atoms with Crippen molar-refractivity contribution in [3.8, 4) is 0 Å². The first-order chi connectivity index (χ1) is 10.7. The highest BCUT2D eigenvalue weighted by atomic mass is 16.5. The molecule has 0 aromatic carbocycles. The standard InChI is InChI=1S/C14H29BN3O5/c16-14(13(19)20)10-18(9-12-5-1-2-7-17-12)8-11(14)4-3-6-15(21,22)23/h11-12,17,21-23H,1-10,16H2,(H,19,20)/q-1/t11-,12-,14-/m0/s1. The first kappa shape index (κ1) is 18.6. The maximum Gasteiger partial charge on any atom is 0.371 e. The summed E-state index contributed by atoms with van der Waals surface area (Å²) >= 11 is 0. The van der Waals surface area contributed by atoms with Gasteiger partial charge in [-0.3, -0.25) is 9.69 Å². The number of carboxylic acids is 1. The van der Waals surface area contributed by atoms with Gasteiger partial charge in [-0.1, -0.05) is 19.2 Å². The van der Waals surface area contributed by atoms with Gasteiger partial charge in [-0.2, -0.15) is 0 Å². The normalized spacial score (nSPS) is 33.0. The van der Waals surface area contributed by atoms with E-state index in [9.17, 15) is 9.90 Å². The van der Waals surface area contributed by atoms with Crippen molar-refractivity contribution in [2.24, 2.45) is 11.7 Å². The van der Waals surface area contributed by atoms with Gasteiger partial charge in [0, 0.05) is 31.6 Å². The number of hydrogen-bond acceptors (Lipinski definition) is 7. The fourth-order valence-electron chi connectivity index (χ4n) is 3.80. The molecule has 8 nitrogen and oxygen atoms in total. The summed E-state index contributed by atoms with van der Waals surface area (Å²) in [5.41, 5.74) is 4.83. The zero-order chi connectivity index (χ0) is 17.1. The smallest absolute Gasteiger partial charge is 0.371 e. The molecule has 0 bridgehead atoms. The Bertz CT molecular complexity index is 414. The van der Waals surface area contributed by atoms with Gasteiger partial charge in [-0.05, 0) is 25.8 Å². The highest BCUT2D eigenvalue weighted by Crippen LogP contribution is 2.31. The quantitative estimate of drug-likeness (QED) is 0.311. The van der Waals surface area contributed by atoms with Crippen LogP contribution in [-0.2, 0) is 4.79 Å². The molecule has 0 aromatic heterocycles. The van der Waals surface area contributed by atoms with E-state index in [2.05, 4.69) is 10.2 Å². The van der Waals surface area contributed by atoms with Crippen molar-refractivity contribution < 1.29 is 25.0 Å². The van der Waals surface area contributed by atoms with Crippen LogP contribution >= 0.6 is 0 Å². The van der Waals surface area contributed by atoms with E-state index < -0.39 is 18.3 Å². The summed E-state index contributed by atoms with van der Waals surface area (Å²) in [7, 11) is 0. The zero-order valence-electron chi connectivity index (χ0n) is 13.5. The Kier molecular flexibility index (Phi) is 6.04. The molecule has 0 radical (unpaired) electrons. The Balaban J connectivity index is 1.91. The number of hydrogen-bond donors (Lipinski definition) is 6. The summed E-state index contributed by atoms with van der Waals surface area (Å²) in [4.78, 5) is 13.7. The summed E-state index contributed by atoms with van der Waals surface area (Å²) in [5, 5.41) is 40.0. The molecule has 0 unspecified atom stereocenters. The van der Waals surface area contributed by atoms with Crippen molar-refractivity contribution in [2.45, 2.75) is 50.0 Å². The van der Waals surface area contributed by atoms with Gasteiger partial charge in [0.15, 0.2) is 0 Å². The van der Waals surface area contributed by atoms with Crippen LogP contribution in [0.2, 0.25) is 6.32 Å². The van der Waals surface area contributed by atoms with Crippen LogP contribution in [0, 0.1) is 5.92 Å². The zero-order valence-corrected chi connectivity index (χ0v) is 13.5. The summed E-state index contributed by atoms with van der Waals surface area (Å²) in [6.45, 7) is -0.635. The topological polar surface area (TPSA) is 139 Å². The van der Waals surface area contributed by atoms with Crippen LogP contribution in [0.15, 0.2) is 0 Å². The second-order valence-corrected chi connectivity index (χ2v) is 7.21.